The van der Waals surface area contributed by atoms with E-state index in [0.717, 1.165) is 0 Å². The van der Waals surface area contributed by atoms with Gasteiger partial charge >= 0.3 is 11.9 Å². The van der Waals surface area contributed by atoms with Gasteiger partial charge in [-0.15, -0.1) is 11.8 Å². The Morgan fingerprint density at radius 1 is 1.24 bits per heavy atom. The summed E-state index contributed by atoms with van der Waals surface area (Å²) in [7, 11) is 2.90. The predicted molar refractivity (Wildman–Crippen MR) is 106 cm³/mol. The van der Waals surface area contributed by atoms with Crippen molar-refractivity contribution in [3.63, 3.8) is 0 Å². The van der Waals surface area contributed by atoms with Crippen molar-refractivity contribution in [3.8, 4) is 0 Å². The highest BCUT2D eigenvalue weighted by atomic mass is 32.2. The summed E-state index contributed by atoms with van der Waals surface area (Å²) in [5.74, 6) is -1.91. The Balaban J connectivity index is 2.31. The van der Waals surface area contributed by atoms with Gasteiger partial charge in [-0.05, 0) is 27.7 Å². The van der Waals surface area contributed by atoms with Gasteiger partial charge in [-0.2, -0.15) is 0 Å². The summed E-state index contributed by atoms with van der Waals surface area (Å²) in [6.07, 6.45) is -0.642. The quantitative estimate of drug-likeness (QED) is 0.455. The van der Waals surface area contributed by atoms with Gasteiger partial charge in [0.05, 0.1) is 0 Å². The molecule has 1 unspecified atom stereocenters. The molecule has 0 aromatic heterocycles. The van der Waals surface area contributed by atoms with Gasteiger partial charge in [0, 0.05) is 31.9 Å². The number of hydrogen-bond donors (Lipinski definition) is 0. The average Bonchev–Trinajstić information content (AvgIpc) is 2.57. The third-order valence-electron chi connectivity index (χ3n) is 4.39. The van der Waals surface area contributed by atoms with Crippen molar-refractivity contribution in [1.82, 2.24) is 9.80 Å². The van der Waals surface area contributed by atoms with Crippen molar-refractivity contribution < 1.29 is 33.4 Å². The Morgan fingerprint density at radius 3 is 2.38 bits per heavy atom. The fraction of sp³-hybridized carbons (Fsp3) is 0.684. The molecule has 9 nitrogen and oxygen atoms in total. The fourth-order valence-electron chi connectivity index (χ4n) is 3.09. The summed E-state index contributed by atoms with van der Waals surface area (Å²) in [5.41, 5.74) is -0.0294. The molecule has 2 rings (SSSR count). The topological polar surface area (TPSA) is 102 Å². The molecule has 0 bridgehead atoms. The number of rotatable bonds is 6. The minimum absolute atomic E-state index is 0.112. The Labute approximate surface area is 174 Å². The number of ether oxygens (including phenoxy) is 3. The zero-order chi connectivity index (χ0) is 22.1. The van der Waals surface area contributed by atoms with Gasteiger partial charge in [0.25, 0.3) is 11.8 Å². The maximum Gasteiger partial charge on any atom is 0.326 e. The first-order valence-electron chi connectivity index (χ1n) is 9.22. The molecule has 10 heteroatoms. The van der Waals surface area contributed by atoms with Crippen LogP contribution in [0.5, 0.6) is 0 Å². The first-order valence-corrected chi connectivity index (χ1v) is 10.2. The Kier molecular flexibility index (Phi) is 7.00. The fourth-order valence-corrected chi connectivity index (χ4v) is 4.55. The van der Waals surface area contributed by atoms with Crippen LogP contribution in [0.2, 0.25) is 0 Å². The van der Waals surface area contributed by atoms with Crippen molar-refractivity contribution in [3.05, 3.63) is 11.3 Å². The first kappa shape index (κ1) is 23.2. The van der Waals surface area contributed by atoms with Crippen LogP contribution >= 0.6 is 11.8 Å². The van der Waals surface area contributed by atoms with E-state index in [2.05, 4.69) is 0 Å². The molecular weight excluding hydrogens is 400 g/mol. The third kappa shape index (κ3) is 5.11. The van der Waals surface area contributed by atoms with Crippen LogP contribution in [0.1, 0.15) is 34.6 Å². The highest BCUT2D eigenvalue weighted by molar-refractivity contribution is 8.00. The lowest BCUT2D eigenvalue weighted by Gasteiger charge is -2.51. The summed E-state index contributed by atoms with van der Waals surface area (Å²) < 4.78 is 15.6. The number of esters is 2. The zero-order valence-electron chi connectivity index (χ0n) is 17.8. The highest BCUT2D eigenvalue weighted by Crippen LogP contribution is 2.45. The summed E-state index contributed by atoms with van der Waals surface area (Å²) in [4.78, 5) is 51.7. The predicted octanol–water partition coefficient (Wildman–Crippen LogP) is 0.922. The maximum atomic E-state index is 13.2. The van der Waals surface area contributed by atoms with Crippen LogP contribution in [0.15, 0.2) is 11.3 Å². The minimum atomic E-state index is -0.680. The summed E-state index contributed by atoms with van der Waals surface area (Å²) >= 11 is 1.46. The lowest BCUT2D eigenvalue weighted by molar-refractivity contribution is -0.162. The average molecular weight is 429 g/mol. The molecule has 162 valence electrons. The summed E-state index contributed by atoms with van der Waals surface area (Å²) in [5, 5.41) is -0.535. The number of carbonyl (C=O) groups excluding carboxylic acids is 4. The van der Waals surface area contributed by atoms with E-state index in [9.17, 15) is 19.2 Å². The van der Waals surface area contributed by atoms with Crippen LogP contribution in [0.25, 0.3) is 0 Å². The normalized spacial score (nSPS) is 23.9. The van der Waals surface area contributed by atoms with E-state index in [1.807, 2.05) is 6.92 Å². The molecule has 0 aromatic rings. The Hall–Kier alpha value is -2.07. The van der Waals surface area contributed by atoms with Crippen LogP contribution in [-0.4, -0.2) is 83.2 Å². The molecule has 29 heavy (non-hydrogen) atoms. The molecule has 1 saturated heterocycles. The molecule has 0 aliphatic carbocycles. The SMILES string of the molecule is CO[C@H]1C(=O)N2C(C(=O)N(C)CC(=O)OC(C)(C)C)=C(COC(C)=O)C(C)S[C@H]12. The molecule has 1 fully saturated rings. The second-order valence-electron chi connectivity index (χ2n) is 7.94. The van der Waals surface area contributed by atoms with E-state index >= 15 is 0 Å². The third-order valence-corrected chi connectivity index (χ3v) is 5.82. The number of carbonyl (C=O) groups is 4. The molecule has 0 radical (unpaired) electrons. The zero-order valence-corrected chi connectivity index (χ0v) is 18.6. The second kappa shape index (κ2) is 8.74. The van der Waals surface area contributed by atoms with Gasteiger partial charge in [-0.3, -0.25) is 24.1 Å². The Bertz CT molecular complexity index is 743. The number of β-lactam (4-membered cyclic amide) rings is 1. The minimum Gasteiger partial charge on any atom is -0.461 e. The number of fused-ring (bicyclic) bond motifs is 1. The van der Waals surface area contributed by atoms with Gasteiger partial charge < -0.3 is 19.1 Å². The first-order chi connectivity index (χ1) is 13.4. The van der Waals surface area contributed by atoms with Gasteiger partial charge in [0.1, 0.15) is 29.8 Å². The molecule has 0 N–H and O–H groups in total. The monoisotopic (exact) mass is 428 g/mol. The highest BCUT2D eigenvalue weighted by Gasteiger charge is 2.55. The van der Waals surface area contributed by atoms with Crippen LogP contribution in [-0.2, 0) is 33.4 Å². The van der Waals surface area contributed by atoms with Crippen LogP contribution in [0.4, 0.5) is 0 Å². The molecule has 0 aromatic carbocycles. The number of nitrogens with zero attached hydrogens (tertiary/aromatic N) is 2. The van der Waals surface area contributed by atoms with Crippen LogP contribution in [0, 0.1) is 0 Å². The van der Waals surface area contributed by atoms with Crippen molar-refractivity contribution in [2.75, 3.05) is 27.3 Å². The van der Waals surface area contributed by atoms with Crippen molar-refractivity contribution in [2.24, 2.45) is 0 Å². The van der Waals surface area contributed by atoms with Crippen molar-refractivity contribution in [2.45, 2.75) is 56.9 Å². The number of thioether (sulfide) groups is 1. The van der Waals surface area contributed by atoms with Crippen molar-refractivity contribution >= 4 is 35.5 Å². The molecule has 2 amide bonds. The standard InChI is InChI=1S/C19H28N2O7S/c1-10-12(9-27-11(2)22)14(21-17(25)15(26-7)18(21)29-10)16(24)20(6)8-13(23)28-19(3,4)5/h10,15,18H,8-9H2,1-7H3/t10?,15-,18+/m0/s1. The smallest absolute Gasteiger partial charge is 0.326 e. The molecule has 0 saturated carbocycles. The van der Waals surface area contributed by atoms with Gasteiger partial charge in [-0.25, -0.2) is 0 Å². The second-order valence-corrected chi connectivity index (χ2v) is 9.40. The maximum absolute atomic E-state index is 13.2. The van der Waals surface area contributed by atoms with E-state index in [4.69, 9.17) is 14.2 Å². The lowest BCUT2D eigenvalue weighted by atomic mass is 10.0. The molecule has 0 spiro atoms. The van der Waals surface area contributed by atoms with E-state index < -0.39 is 29.6 Å². The van der Waals surface area contributed by atoms with Crippen LogP contribution in [0.3, 0.4) is 0 Å². The largest absolute Gasteiger partial charge is 0.461 e. The van der Waals surface area contributed by atoms with E-state index in [-0.39, 0.29) is 35.4 Å². The van der Waals surface area contributed by atoms with Gasteiger partial charge in [0.2, 0.25) is 0 Å². The number of methoxy groups -OCH3 is 1. The summed E-state index contributed by atoms with van der Waals surface area (Å²) in [6, 6.07) is 0. The van der Waals surface area contributed by atoms with Gasteiger partial charge in [-0.1, -0.05) is 0 Å². The van der Waals surface area contributed by atoms with Gasteiger partial charge in [0.15, 0.2) is 6.10 Å². The van der Waals surface area contributed by atoms with Crippen LogP contribution < -0.4 is 0 Å². The van der Waals surface area contributed by atoms with E-state index in [1.54, 1.807) is 20.8 Å². The molecule has 3 atom stereocenters. The Morgan fingerprint density at radius 2 is 1.86 bits per heavy atom. The van der Waals surface area contributed by atoms with E-state index in [1.165, 1.54) is 42.6 Å². The number of likely N-dealkylation sites (N-methyl/N-ethyl adjacent to an activating group) is 1. The van der Waals surface area contributed by atoms with E-state index in [0.29, 0.717) is 5.57 Å². The molecular formula is C19H28N2O7S. The van der Waals surface area contributed by atoms with Crippen molar-refractivity contribution in [1.29, 1.82) is 0 Å². The molecule has 2 aliphatic heterocycles. The molecule has 2 heterocycles. The number of hydrogen-bond acceptors (Lipinski definition) is 8. The lowest BCUT2D eigenvalue weighted by Crippen LogP contribution is -2.67. The summed E-state index contributed by atoms with van der Waals surface area (Å²) in [6.45, 7) is 7.97. The number of amides is 2. The molecule has 2 aliphatic rings.